The van der Waals surface area contributed by atoms with Gasteiger partial charge in [-0.25, -0.2) is 8.78 Å². The van der Waals surface area contributed by atoms with Crippen molar-refractivity contribution in [2.24, 2.45) is 5.92 Å². The van der Waals surface area contributed by atoms with Gasteiger partial charge in [-0.05, 0) is 31.4 Å². The fourth-order valence-corrected chi connectivity index (χ4v) is 5.83. The van der Waals surface area contributed by atoms with E-state index in [1.165, 1.54) is 16.8 Å². The molecule has 1 aliphatic carbocycles. The number of hydrogen-bond donors (Lipinski definition) is 2. The van der Waals surface area contributed by atoms with Crippen molar-refractivity contribution in [2.75, 3.05) is 13.1 Å². The van der Waals surface area contributed by atoms with E-state index in [-0.39, 0.29) is 65.1 Å². The van der Waals surface area contributed by atoms with Gasteiger partial charge in [-0.3, -0.25) is 19.3 Å². The molecule has 11 heteroatoms. The Hall–Kier alpha value is -2.27. The summed E-state index contributed by atoms with van der Waals surface area (Å²) in [5.41, 5.74) is -1.35. The molecule has 36 heavy (non-hydrogen) atoms. The van der Waals surface area contributed by atoms with Crippen molar-refractivity contribution >= 4 is 11.8 Å². The molecule has 1 saturated carbocycles. The average Bonchev–Trinajstić information content (AvgIpc) is 2.84. The topological polar surface area (TPSA) is 94.9 Å². The summed E-state index contributed by atoms with van der Waals surface area (Å²) in [6.45, 7) is 3.72. The van der Waals surface area contributed by atoms with E-state index in [0.717, 1.165) is 44.8 Å². The Morgan fingerprint density at radius 2 is 1.92 bits per heavy atom. The van der Waals surface area contributed by atoms with E-state index in [9.17, 15) is 28.3 Å². The number of aromatic hydroxyl groups is 1. The summed E-state index contributed by atoms with van der Waals surface area (Å²) in [5.74, 6) is -3.17. The normalized spacial score (nSPS) is 23.2. The minimum atomic E-state index is -0.954. The maximum absolute atomic E-state index is 13.9. The number of rotatable bonds is 4. The first-order chi connectivity index (χ1) is 16.8. The number of halogens is 2. The van der Waals surface area contributed by atoms with Crippen LogP contribution in [0.25, 0.3) is 0 Å². The molecule has 0 unspecified atom stereocenters. The predicted molar refractivity (Wildman–Crippen MR) is 123 cm³/mol. The van der Waals surface area contributed by atoms with Gasteiger partial charge in [0.25, 0.3) is 11.8 Å². The molecule has 1 aromatic carbocycles. The molecule has 2 amide bonds. The number of nitrogens with one attached hydrogen (secondary N) is 1. The molecule has 2 N–H and O–H groups in total. The van der Waals surface area contributed by atoms with Gasteiger partial charge in [0.2, 0.25) is 5.43 Å². The number of carbonyl (C=O) groups excluding carboxylic acids is 2. The molecule has 0 spiro atoms. The summed E-state index contributed by atoms with van der Waals surface area (Å²) in [7, 11) is 0. The molecule has 1 aromatic heterocycles. The van der Waals surface area contributed by atoms with Gasteiger partial charge in [0.05, 0.1) is 6.54 Å². The maximum atomic E-state index is 13.9. The second kappa shape index (κ2) is 10.6. The number of hydrogen-bond acceptors (Lipinski definition) is 5. The van der Waals surface area contributed by atoms with Crippen LogP contribution in [0.5, 0.6) is 5.75 Å². The van der Waals surface area contributed by atoms with Gasteiger partial charge in [-0.2, -0.15) is 0 Å². The van der Waals surface area contributed by atoms with Crippen LogP contribution in [-0.2, 0) is 13.1 Å². The molecule has 3 aliphatic rings. The fourth-order valence-electron chi connectivity index (χ4n) is 5.83. The molecule has 186 valence electrons. The molecule has 8 nitrogen and oxygen atoms in total. The van der Waals surface area contributed by atoms with Gasteiger partial charge < -0.3 is 19.9 Å². The Labute approximate surface area is 229 Å². The summed E-state index contributed by atoms with van der Waals surface area (Å²) in [6.07, 6.45) is 5.18. The van der Waals surface area contributed by atoms with E-state index in [2.05, 4.69) is 10.2 Å². The summed E-state index contributed by atoms with van der Waals surface area (Å²) >= 11 is 0. The summed E-state index contributed by atoms with van der Waals surface area (Å²) in [6, 6.07) is 3.05. The molecule has 2 fully saturated rings. The zero-order valence-electron chi connectivity index (χ0n) is 20.5. The van der Waals surface area contributed by atoms with E-state index in [1.54, 1.807) is 0 Å². The minimum absolute atomic E-state index is 0. The Morgan fingerprint density at radius 1 is 1.17 bits per heavy atom. The van der Waals surface area contributed by atoms with Crippen molar-refractivity contribution in [1.29, 1.82) is 0 Å². The van der Waals surface area contributed by atoms with Gasteiger partial charge >= 0.3 is 29.6 Å². The number of nitrogens with zero attached hydrogens (tertiary/aromatic N) is 3. The van der Waals surface area contributed by atoms with Gasteiger partial charge in [-0.1, -0.05) is 25.8 Å². The minimum Gasteiger partial charge on any atom is -0.503 e. The van der Waals surface area contributed by atoms with Crippen LogP contribution in [-0.4, -0.2) is 56.6 Å². The predicted octanol–water partition coefficient (Wildman–Crippen LogP) is -0.558. The van der Waals surface area contributed by atoms with Crippen LogP contribution in [0.15, 0.2) is 29.2 Å². The fraction of sp³-hybridized carbons (Fsp3) is 0.480. The van der Waals surface area contributed by atoms with Crippen molar-refractivity contribution in [1.82, 2.24) is 19.7 Å². The Kier molecular flexibility index (Phi) is 7.89. The van der Waals surface area contributed by atoms with Crippen LogP contribution in [0.1, 0.15) is 59.0 Å². The molecule has 3 heterocycles. The zero-order chi connectivity index (χ0) is 24.9. The molecule has 2 aromatic rings. The summed E-state index contributed by atoms with van der Waals surface area (Å²) in [5, 5.41) is 13.2. The van der Waals surface area contributed by atoms with Gasteiger partial charge in [0.1, 0.15) is 23.4 Å². The molecule has 0 radical (unpaired) electrons. The molecular formula is C25H28F2N4NaO4+. The first kappa shape index (κ1) is 26.8. The SMILES string of the molecule is CCN1C[C@@H]2CCCC[C@@H]2N2C(=O)c3c(O)c(=O)c(C(=O)NCc4ccc(F)cc4F)cn3C[C@@H]12.[Na+]. The van der Waals surface area contributed by atoms with Gasteiger partial charge in [0.15, 0.2) is 11.4 Å². The second-order valence-electron chi connectivity index (χ2n) is 9.53. The number of benzene rings is 1. The van der Waals surface area contributed by atoms with Crippen molar-refractivity contribution in [3.63, 3.8) is 0 Å². The number of amides is 2. The van der Waals surface area contributed by atoms with E-state index in [1.807, 2.05) is 11.8 Å². The third-order valence-electron chi connectivity index (χ3n) is 7.60. The molecule has 1 saturated heterocycles. The van der Waals surface area contributed by atoms with Gasteiger partial charge in [-0.15, -0.1) is 0 Å². The number of aromatic nitrogens is 1. The standard InChI is InChI=1S/C25H28F2N4O4.Na/c1-2-29-11-15-5-3-4-6-19(15)31-20(29)13-30-12-17(22(32)23(33)21(30)25(31)35)24(34)28-10-14-7-8-16(26)9-18(14)27;/h7-9,12,15,19-20,33H,2-6,10-11,13H2,1H3,(H,28,34);/q;+1/t15-,19-,20-;/m0./s1. The van der Waals surface area contributed by atoms with Crippen LogP contribution in [0, 0.1) is 17.6 Å². The molecule has 2 aliphatic heterocycles. The molecule has 3 atom stereocenters. The zero-order valence-corrected chi connectivity index (χ0v) is 22.5. The first-order valence-corrected chi connectivity index (χ1v) is 12.0. The van der Waals surface area contributed by atoms with Crippen molar-refractivity contribution in [2.45, 2.75) is 57.9 Å². The monoisotopic (exact) mass is 509 g/mol. The van der Waals surface area contributed by atoms with E-state index in [0.29, 0.717) is 18.5 Å². The van der Waals surface area contributed by atoms with Crippen molar-refractivity contribution in [3.05, 3.63) is 63.1 Å². The van der Waals surface area contributed by atoms with Crippen LogP contribution in [0.3, 0.4) is 0 Å². The quantitative estimate of drug-likeness (QED) is 0.540. The van der Waals surface area contributed by atoms with Crippen LogP contribution >= 0.6 is 0 Å². The Balaban J connectivity index is 0.00000304. The van der Waals surface area contributed by atoms with Crippen LogP contribution < -0.4 is 40.3 Å². The summed E-state index contributed by atoms with van der Waals surface area (Å²) < 4.78 is 28.5. The maximum Gasteiger partial charge on any atom is 1.00 e. The van der Waals surface area contributed by atoms with Crippen LogP contribution in [0.4, 0.5) is 8.78 Å². The average molecular weight is 510 g/mol. The second-order valence-corrected chi connectivity index (χ2v) is 9.53. The smallest absolute Gasteiger partial charge is 0.503 e. The number of carbonyl (C=O) groups is 2. The van der Waals surface area contributed by atoms with Crippen LogP contribution in [0.2, 0.25) is 0 Å². The third kappa shape index (κ3) is 4.60. The third-order valence-corrected chi connectivity index (χ3v) is 7.60. The number of pyridine rings is 1. The molecule has 5 rings (SSSR count). The number of likely N-dealkylation sites (N-methyl/N-ethyl adjacent to an activating group) is 1. The number of fused-ring (bicyclic) bond motifs is 4. The van der Waals surface area contributed by atoms with E-state index in [4.69, 9.17) is 0 Å². The Bertz CT molecular complexity index is 1250. The molecular weight excluding hydrogens is 481 g/mol. The van der Waals surface area contributed by atoms with Crippen molar-refractivity contribution < 1.29 is 53.0 Å². The van der Waals surface area contributed by atoms with Crippen molar-refractivity contribution in [3.8, 4) is 5.75 Å². The first-order valence-electron chi connectivity index (χ1n) is 12.0. The Morgan fingerprint density at radius 3 is 2.64 bits per heavy atom. The summed E-state index contributed by atoms with van der Waals surface area (Å²) in [4.78, 5) is 43.4. The van der Waals surface area contributed by atoms with E-state index < -0.39 is 34.6 Å². The van der Waals surface area contributed by atoms with Gasteiger partial charge in [0, 0.05) is 37.0 Å². The molecule has 0 bridgehead atoms. The van der Waals surface area contributed by atoms with E-state index >= 15 is 0 Å². The largest absolute Gasteiger partial charge is 1.00 e.